The summed E-state index contributed by atoms with van der Waals surface area (Å²) in [5.41, 5.74) is 0.405. The van der Waals surface area contributed by atoms with Crippen molar-refractivity contribution in [1.82, 2.24) is 5.32 Å². The Morgan fingerprint density at radius 1 is 1.47 bits per heavy atom. The molecule has 102 valence electrons. The highest BCUT2D eigenvalue weighted by Gasteiger charge is 2.12. The Labute approximate surface area is 120 Å². The number of carbonyl (C=O) groups is 1. The van der Waals surface area contributed by atoms with Gasteiger partial charge in [0.25, 0.3) is 5.91 Å². The van der Waals surface area contributed by atoms with Crippen molar-refractivity contribution in [2.75, 3.05) is 13.2 Å². The summed E-state index contributed by atoms with van der Waals surface area (Å²) in [7, 11) is 0. The summed E-state index contributed by atoms with van der Waals surface area (Å²) < 4.78 is 5.26. The number of aliphatic hydroxyl groups is 1. The highest BCUT2D eigenvalue weighted by atomic mass is 35.5. The molecular formula is C12H12Cl2N2O3. The third-order valence-corrected chi connectivity index (χ3v) is 2.66. The molecule has 0 fully saturated rings. The Bertz CT molecular complexity index is 500. The van der Waals surface area contributed by atoms with Gasteiger partial charge in [-0.1, -0.05) is 23.2 Å². The highest BCUT2D eigenvalue weighted by molar-refractivity contribution is 6.35. The molecule has 1 aromatic rings. The summed E-state index contributed by atoms with van der Waals surface area (Å²) in [5, 5.41) is 20.6. The van der Waals surface area contributed by atoms with Crippen LogP contribution in [0.4, 0.5) is 0 Å². The van der Waals surface area contributed by atoms with Crippen LogP contribution in [0.5, 0.6) is 5.75 Å². The van der Waals surface area contributed by atoms with Gasteiger partial charge < -0.3 is 15.2 Å². The quantitative estimate of drug-likeness (QED) is 0.786. The number of hydrogen-bond acceptors (Lipinski definition) is 4. The third kappa shape index (κ3) is 4.95. The van der Waals surface area contributed by atoms with Gasteiger partial charge in [-0.15, -0.1) is 0 Å². The van der Waals surface area contributed by atoms with E-state index >= 15 is 0 Å². The minimum Gasteiger partial charge on any atom is -0.482 e. The van der Waals surface area contributed by atoms with Crippen LogP contribution in [-0.4, -0.2) is 24.2 Å². The van der Waals surface area contributed by atoms with Gasteiger partial charge in [0.15, 0.2) is 6.61 Å². The molecule has 0 aliphatic heterocycles. The van der Waals surface area contributed by atoms with Crippen LogP contribution in [0, 0.1) is 11.3 Å². The Balaban J connectivity index is 2.62. The van der Waals surface area contributed by atoms with E-state index in [1.54, 1.807) is 0 Å². The first-order valence-corrected chi connectivity index (χ1v) is 6.19. The number of amides is 1. The number of aliphatic hydroxyl groups excluding tert-OH is 1. The van der Waals surface area contributed by atoms with Gasteiger partial charge in [-0.05, 0) is 12.1 Å². The summed E-state index contributed by atoms with van der Waals surface area (Å²) in [6.07, 6.45) is 0.231. The molecule has 0 aromatic heterocycles. The number of carbonyl (C=O) groups excluding carboxylic acids is 1. The SMILES string of the molecule is N#CCCNC(=O)COc1c(Cl)cc(Cl)cc1CO. The van der Waals surface area contributed by atoms with Gasteiger partial charge in [0, 0.05) is 17.1 Å². The molecule has 0 aliphatic rings. The number of nitrogens with zero attached hydrogens (tertiary/aromatic N) is 1. The lowest BCUT2D eigenvalue weighted by atomic mass is 10.2. The van der Waals surface area contributed by atoms with Crippen LogP contribution in [0.1, 0.15) is 12.0 Å². The molecule has 19 heavy (non-hydrogen) atoms. The van der Waals surface area contributed by atoms with Gasteiger partial charge in [0.05, 0.1) is 24.1 Å². The fraction of sp³-hybridized carbons (Fsp3) is 0.333. The maximum Gasteiger partial charge on any atom is 0.257 e. The van der Waals surface area contributed by atoms with Crippen LogP contribution in [-0.2, 0) is 11.4 Å². The molecule has 0 spiro atoms. The molecular weight excluding hydrogens is 291 g/mol. The zero-order valence-electron chi connectivity index (χ0n) is 9.95. The van der Waals surface area contributed by atoms with Crippen LogP contribution in [0.25, 0.3) is 0 Å². The first-order valence-electron chi connectivity index (χ1n) is 5.43. The van der Waals surface area contributed by atoms with Crippen LogP contribution in [0.3, 0.4) is 0 Å². The molecule has 0 unspecified atom stereocenters. The first kappa shape index (κ1) is 15.6. The van der Waals surface area contributed by atoms with E-state index < -0.39 is 0 Å². The summed E-state index contributed by atoms with van der Waals surface area (Å²) in [6.45, 7) is -0.286. The van der Waals surface area contributed by atoms with Gasteiger partial charge in [-0.2, -0.15) is 5.26 Å². The molecule has 1 aromatic carbocycles. The molecule has 0 saturated heterocycles. The van der Waals surface area contributed by atoms with Crippen molar-refractivity contribution in [3.8, 4) is 11.8 Å². The molecule has 0 atom stereocenters. The van der Waals surface area contributed by atoms with E-state index in [9.17, 15) is 9.90 Å². The van der Waals surface area contributed by atoms with Gasteiger partial charge in [0.1, 0.15) is 5.75 Å². The number of benzene rings is 1. The Morgan fingerprint density at radius 3 is 2.84 bits per heavy atom. The number of ether oxygens (including phenoxy) is 1. The minimum atomic E-state index is -0.370. The van der Waals surface area contributed by atoms with Gasteiger partial charge in [-0.3, -0.25) is 4.79 Å². The van der Waals surface area contributed by atoms with E-state index in [1.807, 2.05) is 6.07 Å². The summed E-state index contributed by atoms with van der Waals surface area (Å²) in [4.78, 5) is 11.4. The Hall–Kier alpha value is -1.48. The molecule has 0 aliphatic carbocycles. The fourth-order valence-electron chi connectivity index (χ4n) is 1.34. The molecule has 5 nitrogen and oxygen atoms in total. The van der Waals surface area contributed by atoms with Crippen molar-refractivity contribution >= 4 is 29.1 Å². The van der Waals surface area contributed by atoms with Crippen LogP contribution < -0.4 is 10.1 Å². The van der Waals surface area contributed by atoms with Crippen molar-refractivity contribution in [3.05, 3.63) is 27.7 Å². The number of hydrogen-bond donors (Lipinski definition) is 2. The topological polar surface area (TPSA) is 82.4 Å². The maximum atomic E-state index is 11.4. The highest BCUT2D eigenvalue weighted by Crippen LogP contribution is 2.32. The second-order valence-corrected chi connectivity index (χ2v) is 4.42. The van der Waals surface area contributed by atoms with Crippen LogP contribution in [0.15, 0.2) is 12.1 Å². The average Bonchev–Trinajstić information content (AvgIpc) is 2.37. The second kappa shape index (κ2) is 7.85. The summed E-state index contributed by atoms with van der Waals surface area (Å²) >= 11 is 11.7. The molecule has 0 radical (unpaired) electrons. The van der Waals surface area contributed by atoms with Crippen molar-refractivity contribution < 1.29 is 14.6 Å². The zero-order chi connectivity index (χ0) is 14.3. The van der Waals surface area contributed by atoms with E-state index in [4.69, 9.17) is 33.2 Å². The summed E-state index contributed by atoms with van der Waals surface area (Å²) in [5.74, 6) is -0.144. The maximum absolute atomic E-state index is 11.4. The lowest BCUT2D eigenvalue weighted by molar-refractivity contribution is -0.123. The number of nitriles is 1. The smallest absolute Gasteiger partial charge is 0.257 e. The zero-order valence-corrected chi connectivity index (χ0v) is 11.5. The van der Waals surface area contributed by atoms with Gasteiger partial charge in [0.2, 0.25) is 0 Å². The van der Waals surface area contributed by atoms with E-state index in [-0.39, 0.29) is 42.9 Å². The normalized spacial score (nSPS) is 9.79. The molecule has 0 heterocycles. The fourth-order valence-corrected chi connectivity index (χ4v) is 1.93. The molecule has 1 amide bonds. The number of nitrogens with one attached hydrogen (secondary N) is 1. The molecule has 0 saturated carbocycles. The van der Waals surface area contributed by atoms with E-state index in [0.29, 0.717) is 10.6 Å². The summed E-state index contributed by atoms with van der Waals surface area (Å²) in [6, 6.07) is 4.88. The number of halogens is 2. The predicted molar refractivity (Wildman–Crippen MR) is 71.1 cm³/mol. The van der Waals surface area contributed by atoms with E-state index in [1.165, 1.54) is 12.1 Å². The van der Waals surface area contributed by atoms with Crippen molar-refractivity contribution in [2.45, 2.75) is 13.0 Å². The second-order valence-electron chi connectivity index (χ2n) is 3.58. The van der Waals surface area contributed by atoms with E-state index in [0.717, 1.165) is 0 Å². The van der Waals surface area contributed by atoms with Gasteiger partial charge in [-0.25, -0.2) is 0 Å². The Morgan fingerprint density at radius 2 is 2.21 bits per heavy atom. The van der Waals surface area contributed by atoms with Crippen molar-refractivity contribution in [1.29, 1.82) is 5.26 Å². The van der Waals surface area contributed by atoms with Gasteiger partial charge >= 0.3 is 0 Å². The monoisotopic (exact) mass is 302 g/mol. The third-order valence-electron chi connectivity index (χ3n) is 2.16. The Kier molecular flexibility index (Phi) is 6.43. The number of rotatable bonds is 6. The molecule has 7 heteroatoms. The first-order chi connectivity index (χ1) is 9.08. The predicted octanol–water partition coefficient (Wildman–Crippen LogP) is 1.89. The largest absolute Gasteiger partial charge is 0.482 e. The average molecular weight is 303 g/mol. The van der Waals surface area contributed by atoms with Crippen molar-refractivity contribution in [2.24, 2.45) is 0 Å². The molecule has 2 N–H and O–H groups in total. The molecule has 1 rings (SSSR count). The lowest BCUT2D eigenvalue weighted by Gasteiger charge is -2.12. The standard InChI is InChI=1S/C12H12Cl2N2O3/c13-9-4-8(6-17)12(10(14)5-9)19-7-11(18)16-3-1-2-15/h4-5,17H,1,3,6-7H2,(H,16,18). The van der Waals surface area contributed by atoms with E-state index in [2.05, 4.69) is 5.32 Å². The van der Waals surface area contributed by atoms with Crippen LogP contribution in [0.2, 0.25) is 10.0 Å². The van der Waals surface area contributed by atoms with Crippen LogP contribution >= 0.6 is 23.2 Å². The lowest BCUT2D eigenvalue weighted by Crippen LogP contribution is -2.29. The van der Waals surface area contributed by atoms with Crippen molar-refractivity contribution in [3.63, 3.8) is 0 Å². The molecule has 0 bridgehead atoms. The minimum absolute atomic E-state index is 0.223.